The Labute approximate surface area is 82.6 Å². The molecule has 0 aliphatic heterocycles. The van der Waals surface area contributed by atoms with Crippen LogP contribution in [0.1, 0.15) is 18.4 Å². The van der Waals surface area contributed by atoms with E-state index < -0.39 is 0 Å². The van der Waals surface area contributed by atoms with Crippen molar-refractivity contribution in [2.24, 2.45) is 0 Å². The second-order valence-corrected chi connectivity index (χ2v) is 3.49. The van der Waals surface area contributed by atoms with E-state index >= 15 is 0 Å². The fourth-order valence-electron chi connectivity index (χ4n) is 1.64. The Morgan fingerprint density at radius 1 is 1.43 bits per heavy atom. The molecule has 1 aromatic rings. The number of rotatable bonds is 2. The van der Waals surface area contributed by atoms with Gasteiger partial charge in [-0.1, -0.05) is 11.6 Å². The molecule has 3 nitrogen and oxygen atoms in total. The Kier molecular flexibility index (Phi) is 2.31. The van der Waals surface area contributed by atoms with E-state index in [1.54, 1.807) is 12.3 Å². The molecule has 1 aliphatic carbocycles. The molecule has 2 rings (SSSR count). The predicted molar refractivity (Wildman–Crippen MR) is 54.7 cm³/mol. The molecule has 0 radical (unpaired) electrons. The van der Waals surface area contributed by atoms with Gasteiger partial charge in [0.25, 0.3) is 0 Å². The lowest BCUT2D eigenvalue weighted by atomic mass is 10.1. The van der Waals surface area contributed by atoms with Gasteiger partial charge >= 0.3 is 0 Å². The van der Waals surface area contributed by atoms with Crippen molar-refractivity contribution >= 4 is 11.6 Å². The van der Waals surface area contributed by atoms with Crippen LogP contribution < -0.4 is 5.73 Å². The first-order chi connectivity index (χ1) is 6.75. The first kappa shape index (κ1) is 8.94. The SMILES string of the molecule is Nc1ncccc1CC1=CC(=O)CC1. The maximum atomic E-state index is 11.0. The standard InChI is InChI=1S/C11H12N2O/c12-11-9(2-1-5-13-11)6-8-3-4-10(14)7-8/h1-2,5,7H,3-4,6H2,(H2,12,13). The molecule has 2 N–H and O–H groups in total. The number of aromatic nitrogens is 1. The fraction of sp³-hybridized carbons (Fsp3) is 0.273. The first-order valence-corrected chi connectivity index (χ1v) is 4.67. The van der Waals surface area contributed by atoms with Crippen molar-refractivity contribution in [3.8, 4) is 0 Å². The Morgan fingerprint density at radius 3 is 2.93 bits per heavy atom. The van der Waals surface area contributed by atoms with Gasteiger partial charge in [0.15, 0.2) is 5.78 Å². The smallest absolute Gasteiger partial charge is 0.155 e. The average molecular weight is 188 g/mol. The monoisotopic (exact) mass is 188 g/mol. The van der Waals surface area contributed by atoms with Crippen molar-refractivity contribution < 1.29 is 4.79 Å². The molecule has 0 saturated carbocycles. The number of allylic oxidation sites excluding steroid dienone is 2. The Morgan fingerprint density at radius 2 is 2.29 bits per heavy atom. The van der Waals surface area contributed by atoms with E-state index in [0.717, 1.165) is 24.0 Å². The zero-order valence-corrected chi connectivity index (χ0v) is 7.86. The van der Waals surface area contributed by atoms with Gasteiger partial charge in [0.2, 0.25) is 0 Å². The molecular weight excluding hydrogens is 176 g/mol. The zero-order valence-electron chi connectivity index (χ0n) is 7.86. The molecule has 0 saturated heterocycles. The number of carbonyl (C=O) groups excluding carboxylic acids is 1. The Bertz CT molecular complexity index is 396. The highest BCUT2D eigenvalue weighted by atomic mass is 16.1. The minimum absolute atomic E-state index is 0.225. The normalized spacial score (nSPS) is 15.7. The molecular formula is C11H12N2O. The molecule has 3 heteroatoms. The highest BCUT2D eigenvalue weighted by Gasteiger charge is 2.13. The molecule has 0 spiro atoms. The van der Waals surface area contributed by atoms with E-state index in [1.807, 2.05) is 12.1 Å². The largest absolute Gasteiger partial charge is 0.383 e. The lowest BCUT2D eigenvalue weighted by Gasteiger charge is -2.03. The van der Waals surface area contributed by atoms with Crippen LogP contribution in [0.5, 0.6) is 0 Å². The number of hydrogen-bond acceptors (Lipinski definition) is 3. The predicted octanol–water partition coefficient (Wildman–Crippen LogP) is 1.50. The number of carbonyl (C=O) groups is 1. The van der Waals surface area contributed by atoms with Gasteiger partial charge in [0.05, 0.1) is 0 Å². The third-order valence-electron chi connectivity index (χ3n) is 2.40. The Hall–Kier alpha value is -1.64. The van der Waals surface area contributed by atoms with Gasteiger partial charge in [-0.25, -0.2) is 4.98 Å². The number of hydrogen-bond donors (Lipinski definition) is 1. The van der Waals surface area contributed by atoms with Crippen molar-refractivity contribution in [3.05, 3.63) is 35.5 Å². The lowest BCUT2D eigenvalue weighted by molar-refractivity contribution is -0.114. The summed E-state index contributed by atoms with van der Waals surface area (Å²) >= 11 is 0. The molecule has 0 fully saturated rings. The molecule has 72 valence electrons. The number of nitrogen functional groups attached to an aromatic ring is 1. The summed E-state index contributed by atoms with van der Waals surface area (Å²) in [6.07, 6.45) is 5.67. The summed E-state index contributed by atoms with van der Waals surface area (Å²) < 4.78 is 0. The minimum atomic E-state index is 0.225. The van der Waals surface area contributed by atoms with Gasteiger partial charge < -0.3 is 5.73 Å². The summed E-state index contributed by atoms with van der Waals surface area (Å²) in [5, 5.41) is 0. The van der Waals surface area contributed by atoms with Crippen LogP contribution in [0.25, 0.3) is 0 Å². The average Bonchev–Trinajstić information content (AvgIpc) is 2.56. The van der Waals surface area contributed by atoms with Gasteiger partial charge in [-0.05, 0) is 30.5 Å². The molecule has 0 unspecified atom stereocenters. The van der Waals surface area contributed by atoms with Crippen LogP contribution in [-0.4, -0.2) is 10.8 Å². The summed E-state index contributed by atoms with van der Waals surface area (Å²) in [6, 6.07) is 3.81. The molecule has 0 aromatic carbocycles. The quantitative estimate of drug-likeness (QED) is 0.765. The molecule has 0 atom stereocenters. The maximum Gasteiger partial charge on any atom is 0.155 e. The summed E-state index contributed by atoms with van der Waals surface area (Å²) in [5.41, 5.74) is 7.88. The molecule has 0 bridgehead atoms. The van der Waals surface area contributed by atoms with E-state index in [0.29, 0.717) is 12.2 Å². The van der Waals surface area contributed by atoms with Crippen molar-refractivity contribution in [1.29, 1.82) is 0 Å². The van der Waals surface area contributed by atoms with Crippen molar-refractivity contribution in [2.75, 3.05) is 5.73 Å². The van der Waals surface area contributed by atoms with Gasteiger partial charge in [-0.15, -0.1) is 0 Å². The first-order valence-electron chi connectivity index (χ1n) is 4.67. The number of nitrogens with two attached hydrogens (primary N) is 1. The van der Waals surface area contributed by atoms with E-state index in [9.17, 15) is 4.79 Å². The summed E-state index contributed by atoms with van der Waals surface area (Å²) in [4.78, 5) is 15.0. The second-order valence-electron chi connectivity index (χ2n) is 3.49. The highest BCUT2D eigenvalue weighted by Crippen LogP contribution is 2.21. The van der Waals surface area contributed by atoms with Crippen molar-refractivity contribution in [1.82, 2.24) is 4.98 Å². The number of nitrogens with zero attached hydrogens (tertiary/aromatic N) is 1. The molecule has 1 aliphatic rings. The van der Waals surface area contributed by atoms with E-state index in [4.69, 9.17) is 5.73 Å². The van der Waals surface area contributed by atoms with Crippen LogP contribution in [0.15, 0.2) is 30.0 Å². The molecule has 0 amide bonds. The fourth-order valence-corrected chi connectivity index (χ4v) is 1.64. The summed E-state index contributed by atoms with van der Waals surface area (Å²) in [6.45, 7) is 0. The number of ketones is 1. The van der Waals surface area contributed by atoms with E-state index in [-0.39, 0.29) is 5.78 Å². The van der Waals surface area contributed by atoms with Crippen LogP contribution >= 0.6 is 0 Å². The van der Waals surface area contributed by atoms with Crippen molar-refractivity contribution in [2.45, 2.75) is 19.3 Å². The zero-order chi connectivity index (χ0) is 9.97. The van der Waals surface area contributed by atoms with Crippen LogP contribution in [0, 0.1) is 0 Å². The van der Waals surface area contributed by atoms with Gasteiger partial charge in [0.1, 0.15) is 5.82 Å². The molecule has 1 heterocycles. The second kappa shape index (κ2) is 3.62. The van der Waals surface area contributed by atoms with Gasteiger partial charge in [-0.3, -0.25) is 4.79 Å². The van der Waals surface area contributed by atoms with Crippen LogP contribution in [0.4, 0.5) is 5.82 Å². The maximum absolute atomic E-state index is 11.0. The van der Waals surface area contributed by atoms with Gasteiger partial charge in [-0.2, -0.15) is 0 Å². The van der Waals surface area contributed by atoms with E-state index in [1.165, 1.54) is 0 Å². The topological polar surface area (TPSA) is 56.0 Å². The van der Waals surface area contributed by atoms with Crippen LogP contribution in [0.2, 0.25) is 0 Å². The van der Waals surface area contributed by atoms with Gasteiger partial charge in [0, 0.05) is 12.6 Å². The molecule has 1 aromatic heterocycles. The molecule has 14 heavy (non-hydrogen) atoms. The third kappa shape index (κ3) is 1.82. The minimum Gasteiger partial charge on any atom is -0.383 e. The van der Waals surface area contributed by atoms with E-state index in [2.05, 4.69) is 4.98 Å². The number of anilines is 1. The van der Waals surface area contributed by atoms with Crippen molar-refractivity contribution in [3.63, 3.8) is 0 Å². The Balaban J connectivity index is 2.15. The summed E-state index contributed by atoms with van der Waals surface area (Å²) in [7, 11) is 0. The van der Waals surface area contributed by atoms with Crippen LogP contribution in [-0.2, 0) is 11.2 Å². The highest BCUT2D eigenvalue weighted by molar-refractivity contribution is 5.93. The number of pyridine rings is 1. The third-order valence-corrected chi connectivity index (χ3v) is 2.40. The van der Waals surface area contributed by atoms with Crippen LogP contribution in [0.3, 0.4) is 0 Å². The lowest BCUT2D eigenvalue weighted by Crippen LogP contribution is -1.97. The summed E-state index contributed by atoms with van der Waals surface area (Å²) in [5.74, 6) is 0.787.